The molecule has 0 aromatic heterocycles. The Balaban J connectivity index is 1.74. The Hall–Kier alpha value is -2.84. The number of ketones is 2. The van der Waals surface area contributed by atoms with E-state index < -0.39 is 0 Å². The zero-order valence-electron chi connectivity index (χ0n) is 18.0. The Kier molecular flexibility index (Phi) is 9.55. The standard InChI is InChI=1S/C23H28N4O2S2/c1-4-19(25-23(31)27-21-11-7-18(8-12-21)16(3)29)13-14-24-22(30)26-20-9-5-17(6-10-20)15(2)28/h5-12,19H,4,13-14H2,1-3H3,(H2,24,26,30)(H2,25,27,31)/t19-/m1/s1. The molecule has 0 aliphatic rings. The van der Waals surface area contributed by atoms with Gasteiger partial charge in [-0.05, 0) is 99.7 Å². The van der Waals surface area contributed by atoms with E-state index in [0.29, 0.717) is 27.9 Å². The van der Waals surface area contributed by atoms with Gasteiger partial charge in [0.2, 0.25) is 0 Å². The lowest BCUT2D eigenvalue weighted by Gasteiger charge is -2.20. The summed E-state index contributed by atoms with van der Waals surface area (Å²) in [6, 6.07) is 14.6. The predicted molar refractivity (Wildman–Crippen MR) is 135 cm³/mol. The average Bonchev–Trinajstić information content (AvgIpc) is 2.73. The van der Waals surface area contributed by atoms with E-state index in [9.17, 15) is 9.59 Å². The molecule has 2 aromatic carbocycles. The van der Waals surface area contributed by atoms with E-state index in [2.05, 4.69) is 28.2 Å². The summed E-state index contributed by atoms with van der Waals surface area (Å²) in [4.78, 5) is 22.7. The van der Waals surface area contributed by atoms with Crippen LogP contribution in [0.25, 0.3) is 0 Å². The number of carbonyl (C=O) groups is 2. The summed E-state index contributed by atoms with van der Waals surface area (Å²) in [6.07, 6.45) is 1.73. The maximum atomic E-state index is 11.4. The van der Waals surface area contributed by atoms with Gasteiger partial charge in [-0.1, -0.05) is 6.92 Å². The summed E-state index contributed by atoms with van der Waals surface area (Å²) < 4.78 is 0. The molecule has 0 bridgehead atoms. The number of hydrogen-bond donors (Lipinski definition) is 4. The zero-order chi connectivity index (χ0) is 22.8. The minimum Gasteiger partial charge on any atom is -0.362 e. The van der Waals surface area contributed by atoms with Crippen molar-refractivity contribution >= 4 is 57.6 Å². The minimum absolute atomic E-state index is 0.0332. The molecule has 164 valence electrons. The molecule has 31 heavy (non-hydrogen) atoms. The highest BCUT2D eigenvalue weighted by molar-refractivity contribution is 7.80. The largest absolute Gasteiger partial charge is 0.362 e. The molecule has 0 unspecified atom stereocenters. The molecule has 8 heteroatoms. The van der Waals surface area contributed by atoms with Crippen LogP contribution in [0.15, 0.2) is 48.5 Å². The Morgan fingerprint density at radius 1 is 0.806 bits per heavy atom. The van der Waals surface area contributed by atoms with Gasteiger partial charge in [0, 0.05) is 35.1 Å². The maximum Gasteiger partial charge on any atom is 0.170 e. The SMILES string of the molecule is CC[C@H](CCNC(=S)Nc1ccc(C(C)=O)cc1)NC(=S)Nc1ccc(C(C)=O)cc1. The first-order valence-corrected chi connectivity index (χ1v) is 10.9. The van der Waals surface area contributed by atoms with E-state index in [-0.39, 0.29) is 17.6 Å². The lowest BCUT2D eigenvalue weighted by Crippen LogP contribution is -2.40. The third kappa shape index (κ3) is 8.43. The molecule has 0 aliphatic heterocycles. The first-order valence-electron chi connectivity index (χ1n) is 10.1. The summed E-state index contributed by atoms with van der Waals surface area (Å²) in [7, 11) is 0. The van der Waals surface area contributed by atoms with Gasteiger partial charge >= 0.3 is 0 Å². The highest BCUT2D eigenvalue weighted by Crippen LogP contribution is 2.11. The van der Waals surface area contributed by atoms with Gasteiger partial charge in [-0.15, -0.1) is 0 Å². The van der Waals surface area contributed by atoms with E-state index >= 15 is 0 Å². The smallest absolute Gasteiger partial charge is 0.170 e. The Labute approximate surface area is 194 Å². The monoisotopic (exact) mass is 456 g/mol. The maximum absolute atomic E-state index is 11.4. The third-order valence-corrected chi connectivity index (χ3v) is 5.17. The molecule has 2 rings (SSSR count). The van der Waals surface area contributed by atoms with E-state index in [1.54, 1.807) is 31.2 Å². The first-order chi connectivity index (χ1) is 14.8. The quantitative estimate of drug-likeness (QED) is 0.324. The molecule has 2 aromatic rings. The summed E-state index contributed by atoms with van der Waals surface area (Å²) >= 11 is 10.7. The number of anilines is 2. The second-order valence-corrected chi connectivity index (χ2v) is 7.96. The van der Waals surface area contributed by atoms with E-state index in [1.807, 2.05) is 24.3 Å². The lowest BCUT2D eigenvalue weighted by molar-refractivity contribution is 0.100. The first kappa shape index (κ1) is 24.4. The topological polar surface area (TPSA) is 82.3 Å². The van der Waals surface area contributed by atoms with Crippen LogP contribution in [0.4, 0.5) is 11.4 Å². The van der Waals surface area contributed by atoms with Crippen LogP contribution in [-0.2, 0) is 0 Å². The molecule has 0 spiro atoms. The van der Waals surface area contributed by atoms with Crippen molar-refractivity contribution in [3.05, 3.63) is 59.7 Å². The van der Waals surface area contributed by atoms with Gasteiger partial charge in [-0.3, -0.25) is 9.59 Å². The van der Waals surface area contributed by atoms with Gasteiger partial charge in [-0.2, -0.15) is 0 Å². The molecule has 0 saturated carbocycles. The number of rotatable bonds is 9. The average molecular weight is 457 g/mol. The van der Waals surface area contributed by atoms with E-state index in [4.69, 9.17) is 24.4 Å². The normalized spacial score (nSPS) is 11.2. The Bertz CT molecular complexity index is 928. The molecule has 0 saturated heterocycles. The minimum atomic E-state index is 0.0332. The van der Waals surface area contributed by atoms with Crippen molar-refractivity contribution in [1.82, 2.24) is 10.6 Å². The van der Waals surface area contributed by atoms with Crippen LogP contribution >= 0.6 is 24.4 Å². The van der Waals surface area contributed by atoms with Crippen LogP contribution in [0.1, 0.15) is 54.3 Å². The Morgan fingerprint density at radius 2 is 1.26 bits per heavy atom. The number of carbonyl (C=O) groups excluding carboxylic acids is 2. The number of hydrogen-bond acceptors (Lipinski definition) is 4. The van der Waals surface area contributed by atoms with Gasteiger partial charge < -0.3 is 21.3 Å². The second kappa shape index (κ2) is 12.1. The van der Waals surface area contributed by atoms with Gasteiger partial charge in [0.05, 0.1) is 0 Å². The van der Waals surface area contributed by atoms with Crippen LogP contribution in [0.5, 0.6) is 0 Å². The van der Waals surface area contributed by atoms with Gasteiger partial charge in [-0.25, -0.2) is 0 Å². The molecular formula is C23H28N4O2S2. The van der Waals surface area contributed by atoms with Crippen LogP contribution in [0.2, 0.25) is 0 Å². The van der Waals surface area contributed by atoms with Crippen molar-refractivity contribution in [2.75, 3.05) is 17.2 Å². The molecule has 0 amide bonds. The van der Waals surface area contributed by atoms with Gasteiger partial charge in [0.1, 0.15) is 0 Å². The molecular weight excluding hydrogens is 428 g/mol. The number of Topliss-reactive ketones (excluding diaryl/α,β-unsaturated/α-hetero) is 2. The molecule has 0 radical (unpaired) electrons. The van der Waals surface area contributed by atoms with E-state index in [1.165, 1.54) is 6.92 Å². The highest BCUT2D eigenvalue weighted by Gasteiger charge is 2.09. The van der Waals surface area contributed by atoms with Gasteiger partial charge in [0.25, 0.3) is 0 Å². The number of benzene rings is 2. The predicted octanol–water partition coefficient (Wildman–Crippen LogP) is 4.53. The highest BCUT2D eigenvalue weighted by atomic mass is 32.1. The van der Waals surface area contributed by atoms with E-state index in [0.717, 1.165) is 24.2 Å². The van der Waals surface area contributed by atoms with Crippen molar-refractivity contribution in [2.24, 2.45) is 0 Å². The summed E-state index contributed by atoms with van der Waals surface area (Å²) in [5.74, 6) is 0.0668. The van der Waals surface area contributed by atoms with Crippen molar-refractivity contribution in [3.8, 4) is 0 Å². The summed E-state index contributed by atoms with van der Waals surface area (Å²) in [6.45, 7) is 5.85. The van der Waals surface area contributed by atoms with Crippen molar-refractivity contribution < 1.29 is 9.59 Å². The van der Waals surface area contributed by atoms with Crippen molar-refractivity contribution in [1.29, 1.82) is 0 Å². The van der Waals surface area contributed by atoms with Crippen molar-refractivity contribution in [3.63, 3.8) is 0 Å². The summed E-state index contributed by atoms with van der Waals surface area (Å²) in [5, 5.41) is 13.8. The fourth-order valence-electron chi connectivity index (χ4n) is 2.84. The molecule has 4 N–H and O–H groups in total. The number of thiocarbonyl (C=S) groups is 2. The van der Waals surface area contributed by atoms with Crippen molar-refractivity contribution in [2.45, 2.75) is 39.7 Å². The second-order valence-electron chi connectivity index (χ2n) is 7.14. The lowest BCUT2D eigenvalue weighted by atomic mass is 10.1. The third-order valence-electron chi connectivity index (χ3n) is 4.70. The summed E-state index contributed by atoms with van der Waals surface area (Å²) in [5.41, 5.74) is 2.99. The molecule has 0 aliphatic carbocycles. The van der Waals surface area contributed by atoms with Crippen LogP contribution in [0.3, 0.4) is 0 Å². The van der Waals surface area contributed by atoms with Gasteiger partial charge in [0.15, 0.2) is 21.8 Å². The number of nitrogens with one attached hydrogen (secondary N) is 4. The zero-order valence-corrected chi connectivity index (χ0v) is 19.6. The molecule has 0 fully saturated rings. The van der Waals surface area contributed by atoms with Crippen LogP contribution in [0, 0.1) is 0 Å². The molecule has 6 nitrogen and oxygen atoms in total. The molecule has 0 heterocycles. The fraction of sp³-hybridized carbons (Fsp3) is 0.304. The van der Waals surface area contributed by atoms with Crippen LogP contribution in [-0.4, -0.2) is 34.4 Å². The fourth-order valence-corrected chi connectivity index (χ4v) is 3.35. The Morgan fingerprint density at radius 3 is 1.68 bits per heavy atom. The van der Waals surface area contributed by atoms with Crippen LogP contribution < -0.4 is 21.3 Å². The molecule has 1 atom stereocenters.